The van der Waals surface area contributed by atoms with Crippen LogP contribution in [0.5, 0.6) is 5.75 Å². The van der Waals surface area contributed by atoms with Crippen LogP contribution in [-0.2, 0) is 6.54 Å². The minimum Gasteiger partial charge on any atom is -0.497 e. The van der Waals surface area contributed by atoms with Gasteiger partial charge in [0.05, 0.1) is 19.8 Å². The standard InChI is InChI=1S/C18H20N4O2S/c1-24-16-9-7-14(8-10-16)13-22-18(19-20-21-22)25-12-11-17(23)15-5-3-2-4-6-15/h2-10,17,23H,11-13H2,1H3/t17-/m0/s1. The first kappa shape index (κ1) is 17.4. The lowest BCUT2D eigenvalue weighted by atomic mass is 10.1. The van der Waals surface area contributed by atoms with Crippen molar-refractivity contribution in [3.8, 4) is 5.75 Å². The van der Waals surface area contributed by atoms with Crippen LogP contribution in [0.4, 0.5) is 0 Å². The van der Waals surface area contributed by atoms with Gasteiger partial charge in [0.25, 0.3) is 0 Å². The lowest BCUT2D eigenvalue weighted by Gasteiger charge is -2.10. The Hall–Kier alpha value is -2.38. The summed E-state index contributed by atoms with van der Waals surface area (Å²) in [6, 6.07) is 17.5. The summed E-state index contributed by atoms with van der Waals surface area (Å²) in [6.45, 7) is 0.598. The molecule has 1 atom stereocenters. The molecule has 0 amide bonds. The van der Waals surface area contributed by atoms with E-state index < -0.39 is 6.10 Å². The molecule has 0 saturated carbocycles. The molecule has 0 radical (unpaired) electrons. The molecule has 0 spiro atoms. The second-order valence-electron chi connectivity index (χ2n) is 5.53. The molecule has 0 aliphatic carbocycles. The number of nitrogens with zero attached hydrogens (tertiary/aromatic N) is 4. The maximum Gasteiger partial charge on any atom is 0.209 e. The van der Waals surface area contributed by atoms with Crippen molar-refractivity contribution in [3.63, 3.8) is 0 Å². The van der Waals surface area contributed by atoms with Crippen molar-refractivity contribution in [2.75, 3.05) is 12.9 Å². The fraction of sp³-hybridized carbons (Fsp3) is 0.278. The van der Waals surface area contributed by atoms with E-state index in [1.165, 1.54) is 0 Å². The Bertz CT molecular complexity index is 777. The van der Waals surface area contributed by atoms with Crippen LogP contribution >= 0.6 is 11.8 Å². The van der Waals surface area contributed by atoms with Crippen molar-refractivity contribution in [1.29, 1.82) is 0 Å². The number of methoxy groups -OCH3 is 1. The van der Waals surface area contributed by atoms with Crippen LogP contribution in [0.2, 0.25) is 0 Å². The van der Waals surface area contributed by atoms with Gasteiger partial charge in [-0.1, -0.05) is 54.2 Å². The highest BCUT2D eigenvalue weighted by Gasteiger charge is 2.11. The van der Waals surface area contributed by atoms with E-state index >= 15 is 0 Å². The first-order valence-electron chi connectivity index (χ1n) is 8.01. The minimum absolute atomic E-state index is 0.473. The van der Waals surface area contributed by atoms with Gasteiger partial charge < -0.3 is 9.84 Å². The quantitative estimate of drug-likeness (QED) is 0.626. The summed E-state index contributed by atoms with van der Waals surface area (Å²) in [4.78, 5) is 0. The van der Waals surface area contributed by atoms with Crippen molar-refractivity contribution < 1.29 is 9.84 Å². The molecule has 0 fully saturated rings. The normalized spacial score (nSPS) is 12.1. The van der Waals surface area contributed by atoms with Crippen LogP contribution in [0.25, 0.3) is 0 Å². The van der Waals surface area contributed by atoms with E-state index in [4.69, 9.17) is 4.74 Å². The van der Waals surface area contributed by atoms with Crippen molar-refractivity contribution in [2.45, 2.75) is 24.2 Å². The predicted octanol–water partition coefficient (Wildman–Crippen LogP) is 2.95. The Morgan fingerprint density at radius 1 is 1.12 bits per heavy atom. The first-order valence-corrected chi connectivity index (χ1v) is 8.99. The van der Waals surface area contributed by atoms with Gasteiger partial charge in [0, 0.05) is 5.75 Å². The van der Waals surface area contributed by atoms with Gasteiger partial charge in [-0.3, -0.25) is 0 Å². The van der Waals surface area contributed by atoms with Crippen LogP contribution in [-0.4, -0.2) is 38.2 Å². The van der Waals surface area contributed by atoms with Gasteiger partial charge in [0.1, 0.15) is 5.75 Å². The molecule has 1 heterocycles. The molecular formula is C18H20N4O2S. The molecule has 0 aliphatic heterocycles. The Morgan fingerprint density at radius 3 is 2.60 bits per heavy atom. The number of aliphatic hydroxyl groups is 1. The molecule has 130 valence electrons. The fourth-order valence-corrected chi connectivity index (χ4v) is 3.27. The third-order valence-corrected chi connectivity index (χ3v) is 4.79. The maximum absolute atomic E-state index is 10.2. The molecule has 1 N–H and O–H groups in total. The first-order chi connectivity index (χ1) is 12.3. The molecule has 1 aromatic heterocycles. The highest BCUT2D eigenvalue weighted by Crippen LogP contribution is 2.22. The molecule has 0 saturated heterocycles. The number of hydrogen-bond donors (Lipinski definition) is 1. The minimum atomic E-state index is -0.473. The zero-order valence-corrected chi connectivity index (χ0v) is 14.8. The molecule has 3 aromatic rings. The molecule has 6 nitrogen and oxygen atoms in total. The van der Waals surface area contributed by atoms with Crippen molar-refractivity contribution in [1.82, 2.24) is 20.2 Å². The Kier molecular flexibility index (Phi) is 6.03. The van der Waals surface area contributed by atoms with Gasteiger partial charge in [-0.05, 0) is 40.1 Å². The van der Waals surface area contributed by atoms with Gasteiger partial charge in [0.15, 0.2) is 0 Å². The van der Waals surface area contributed by atoms with E-state index in [0.29, 0.717) is 13.0 Å². The van der Waals surface area contributed by atoms with E-state index in [2.05, 4.69) is 15.5 Å². The number of rotatable bonds is 8. The maximum atomic E-state index is 10.2. The third-order valence-electron chi connectivity index (χ3n) is 3.80. The number of thioether (sulfide) groups is 1. The van der Waals surface area contributed by atoms with Crippen molar-refractivity contribution in [2.24, 2.45) is 0 Å². The van der Waals surface area contributed by atoms with Gasteiger partial charge in [0.2, 0.25) is 5.16 Å². The third kappa shape index (κ3) is 4.80. The molecule has 0 aliphatic rings. The predicted molar refractivity (Wildman–Crippen MR) is 96.7 cm³/mol. The lowest BCUT2D eigenvalue weighted by molar-refractivity contribution is 0.175. The highest BCUT2D eigenvalue weighted by molar-refractivity contribution is 7.99. The smallest absolute Gasteiger partial charge is 0.209 e. The molecule has 2 aromatic carbocycles. The molecule has 7 heteroatoms. The second-order valence-corrected chi connectivity index (χ2v) is 6.59. The number of aromatic nitrogens is 4. The SMILES string of the molecule is COc1ccc(Cn2nnnc2SCC[C@H](O)c2ccccc2)cc1. The van der Waals surface area contributed by atoms with E-state index in [9.17, 15) is 5.11 Å². The summed E-state index contributed by atoms with van der Waals surface area (Å²) in [7, 11) is 1.65. The van der Waals surface area contributed by atoms with Crippen molar-refractivity contribution >= 4 is 11.8 Å². The van der Waals surface area contributed by atoms with E-state index in [1.807, 2.05) is 54.6 Å². The van der Waals surface area contributed by atoms with Crippen LogP contribution in [0, 0.1) is 0 Å². The van der Waals surface area contributed by atoms with Crippen LogP contribution in [0.15, 0.2) is 59.8 Å². The second kappa shape index (κ2) is 8.64. The van der Waals surface area contributed by atoms with Crippen molar-refractivity contribution in [3.05, 3.63) is 65.7 Å². The number of benzene rings is 2. The molecule has 25 heavy (non-hydrogen) atoms. The molecule has 3 rings (SSSR count). The Labute approximate surface area is 150 Å². The number of ether oxygens (including phenoxy) is 1. The van der Waals surface area contributed by atoms with E-state index in [-0.39, 0.29) is 0 Å². The van der Waals surface area contributed by atoms with E-state index in [1.54, 1.807) is 23.6 Å². The molecule has 0 bridgehead atoms. The Morgan fingerprint density at radius 2 is 1.88 bits per heavy atom. The summed E-state index contributed by atoms with van der Waals surface area (Å²) in [5, 5.41) is 22.9. The molecular weight excluding hydrogens is 336 g/mol. The number of tetrazole rings is 1. The summed E-state index contributed by atoms with van der Waals surface area (Å²) in [6.07, 6.45) is 0.170. The lowest BCUT2D eigenvalue weighted by Crippen LogP contribution is -2.05. The Balaban J connectivity index is 1.54. The highest BCUT2D eigenvalue weighted by atomic mass is 32.2. The summed E-state index contributed by atoms with van der Waals surface area (Å²) in [5.74, 6) is 1.56. The zero-order chi connectivity index (χ0) is 17.5. The monoisotopic (exact) mass is 356 g/mol. The number of aliphatic hydroxyl groups excluding tert-OH is 1. The van der Waals surface area contributed by atoms with Gasteiger partial charge in [-0.15, -0.1) is 5.10 Å². The fourth-order valence-electron chi connectivity index (χ4n) is 2.41. The van der Waals surface area contributed by atoms with Gasteiger partial charge in [-0.2, -0.15) is 0 Å². The van der Waals surface area contributed by atoms with Crippen LogP contribution in [0.3, 0.4) is 0 Å². The largest absolute Gasteiger partial charge is 0.497 e. The van der Waals surface area contributed by atoms with Gasteiger partial charge in [-0.25, -0.2) is 4.68 Å². The molecule has 0 unspecified atom stereocenters. The average Bonchev–Trinajstić information content (AvgIpc) is 3.10. The topological polar surface area (TPSA) is 73.1 Å². The van der Waals surface area contributed by atoms with E-state index in [0.717, 1.165) is 27.8 Å². The summed E-state index contributed by atoms with van der Waals surface area (Å²) < 4.78 is 6.93. The number of hydrogen-bond acceptors (Lipinski definition) is 6. The van der Waals surface area contributed by atoms with Crippen LogP contribution in [0.1, 0.15) is 23.7 Å². The summed E-state index contributed by atoms with van der Waals surface area (Å²) >= 11 is 1.55. The van der Waals surface area contributed by atoms with Crippen LogP contribution < -0.4 is 4.74 Å². The zero-order valence-electron chi connectivity index (χ0n) is 13.9. The average molecular weight is 356 g/mol. The van der Waals surface area contributed by atoms with Gasteiger partial charge >= 0.3 is 0 Å². The summed E-state index contributed by atoms with van der Waals surface area (Å²) in [5.41, 5.74) is 2.03.